The van der Waals surface area contributed by atoms with Crippen LogP contribution in [0.5, 0.6) is 11.5 Å². The minimum atomic E-state index is -0.342. The third kappa shape index (κ3) is 1.85. The van der Waals surface area contributed by atoms with E-state index in [9.17, 15) is 15.0 Å². The van der Waals surface area contributed by atoms with E-state index in [2.05, 4.69) is 5.32 Å². The zero-order valence-corrected chi connectivity index (χ0v) is 8.16. The molecule has 0 amide bonds. The number of ketones is 1. The first kappa shape index (κ1) is 10.5. The van der Waals surface area contributed by atoms with E-state index in [-0.39, 0.29) is 29.4 Å². The van der Waals surface area contributed by atoms with Crippen molar-refractivity contribution >= 4 is 5.78 Å². The fraction of sp³-hybridized carbons (Fsp3) is 0.300. The summed E-state index contributed by atoms with van der Waals surface area (Å²) in [5.41, 5.74) is 0.686. The van der Waals surface area contributed by atoms with Crippen LogP contribution in [0.3, 0.4) is 0 Å². The molecule has 0 saturated carbocycles. The van der Waals surface area contributed by atoms with Gasteiger partial charge in [0, 0.05) is 0 Å². The van der Waals surface area contributed by atoms with Gasteiger partial charge in [0.05, 0.1) is 12.1 Å². The standard InChI is InChI=1S/C10H13NO3/c1-6-3-4-7(8(12)5-11-2)10(14)9(6)13/h3-4,11,13-14H,5H2,1-2H3. The molecule has 0 atom stereocenters. The summed E-state index contributed by atoms with van der Waals surface area (Å²) < 4.78 is 0. The molecular formula is C10H13NO3. The van der Waals surface area contributed by atoms with Gasteiger partial charge in [-0.1, -0.05) is 6.07 Å². The highest BCUT2D eigenvalue weighted by atomic mass is 16.3. The first-order chi connectivity index (χ1) is 6.57. The monoisotopic (exact) mass is 195 g/mol. The second-order valence-electron chi connectivity index (χ2n) is 3.08. The number of carbonyl (C=O) groups excluding carboxylic acids is 1. The molecule has 1 rings (SSSR count). The van der Waals surface area contributed by atoms with Gasteiger partial charge in [0.2, 0.25) is 0 Å². The normalized spacial score (nSPS) is 10.1. The summed E-state index contributed by atoms with van der Waals surface area (Å²) in [6.07, 6.45) is 0. The number of Topliss-reactive ketones (excluding diaryl/α,β-unsaturated/α-hetero) is 1. The average molecular weight is 195 g/mol. The summed E-state index contributed by atoms with van der Waals surface area (Å²) >= 11 is 0. The van der Waals surface area contributed by atoms with E-state index in [0.717, 1.165) is 0 Å². The summed E-state index contributed by atoms with van der Waals surface area (Å²) in [6, 6.07) is 3.10. The lowest BCUT2D eigenvalue weighted by Crippen LogP contribution is -2.18. The van der Waals surface area contributed by atoms with E-state index in [1.807, 2.05) is 0 Å². The molecule has 0 fully saturated rings. The Morgan fingerprint density at radius 3 is 2.57 bits per heavy atom. The summed E-state index contributed by atoms with van der Waals surface area (Å²) in [4.78, 5) is 11.4. The van der Waals surface area contributed by atoms with Crippen molar-refractivity contribution in [2.75, 3.05) is 13.6 Å². The van der Waals surface area contributed by atoms with Crippen molar-refractivity contribution < 1.29 is 15.0 Å². The number of nitrogens with one attached hydrogen (secondary N) is 1. The van der Waals surface area contributed by atoms with Crippen molar-refractivity contribution in [1.82, 2.24) is 5.32 Å². The molecule has 0 radical (unpaired) electrons. The number of carbonyl (C=O) groups is 1. The minimum absolute atomic E-state index is 0.135. The quantitative estimate of drug-likeness (QED) is 0.493. The molecule has 4 heteroatoms. The molecule has 0 saturated heterocycles. The number of benzene rings is 1. The number of phenols is 2. The van der Waals surface area contributed by atoms with Gasteiger partial charge in [-0.15, -0.1) is 0 Å². The highest BCUT2D eigenvalue weighted by Gasteiger charge is 2.14. The topological polar surface area (TPSA) is 69.6 Å². The van der Waals surface area contributed by atoms with Gasteiger partial charge in [-0.25, -0.2) is 0 Å². The maximum absolute atomic E-state index is 11.4. The van der Waals surface area contributed by atoms with Crippen molar-refractivity contribution in [1.29, 1.82) is 0 Å². The molecule has 4 nitrogen and oxygen atoms in total. The molecule has 0 aliphatic rings. The lowest BCUT2D eigenvalue weighted by molar-refractivity contribution is 0.0990. The first-order valence-electron chi connectivity index (χ1n) is 4.27. The third-order valence-electron chi connectivity index (χ3n) is 1.99. The lowest BCUT2D eigenvalue weighted by atomic mass is 10.1. The summed E-state index contributed by atoms with van der Waals surface area (Å²) in [7, 11) is 1.64. The number of aryl methyl sites for hydroxylation is 1. The van der Waals surface area contributed by atoms with Gasteiger partial charge in [-0.2, -0.15) is 0 Å². The van der Waals surface area contributed by atoms with Crippen LogP contribution >= 0.6 is 0 Å². The Kier molecular flexibility index (Phi) is 3.09. The summed E-state index contributed by atoms with van der Waals surface area (Å²) in [5, 5.41) is 21.5. The molecule has 0 aliphatic heterocycles. The second-order valence-corrected chi connectivity index (χ2v) is 3.08. The van der Waals surface area contributed by atoms with Gasteiger partial charge >= 0.3 is 0 Å². The van der Waals surface area contributed by atoms with E-state index in [1.165, 1.54) is 6.07 Å². The summed E-state index contributed by atoms with van der Waals surface area (Å²) in [5.74, 6) is -0.822. The van der Waals surface area contributed by atoms with Crippen LogP contribution < -0.4 is 5.32 Å². The molecule has 0 spiro atoms. The van der Waals surface area contributed by atoms with Gasteiger partial charge in [0.25, 0.3) is 0 Å². The van der Waals surface area contributed by atoms with Crippen molar-refractivity contribution in [3.05, 3.63) is 23.3 Å². The Labute approximate surface area is 82.2 Å². The number of hydrogen-bond donors (Lipinski definition) is 3. The van der Waals surface area contributed by atoms with Crippen LogP contribution in [0.4, 0.5) is 0 Å². The number of hydrogen-bond acceptors (Lipinski definition) is 4. The number of phenolic OH excluding ortho intramolecular Hbond substituents is 2. The smallest absolute Gasteiger partial charge is 0.180 e. The Bertz CT molecular complexity index is 361. The van der Waals surface area contributed by atoms with Crippen LogP contribution in [0, 0.1) is 6.92 Å². The van der Waals surface area contributed by atoms with E-state index in [1.54, 1.807) is 20.0 Å². The van der Waals surface area contributed by atoms with Crippen LogP contribution in [0.2, 0.25) is 0 Å². The minimum Gasteiger partial charge on any atom is -0.504 e. The van der Waals surface area contributed by atoms with Crippen LogP contribution in [0.15, 0.2) is 12.1 Å². The van der Waals surface area contributed by atoms with Gasteiger partial charge in [0.15, 0.2) is 17.3 Å². The molecular weight excluding hydrogens is 182 g/mol. The Hall–Kier alpha value is -1.55. The Morgan fingerprint density at radius 1 is 1.36 bits per heavy atom. The van der Waals surface area contributed by atoms with E-state index in [4.69, 9.17) is 0 Å². The molecule has 0 aliphatic carbocycles. The third-order valence-corrected chi connectivity index (χ3v) is 1.99. The van der Waals surface area contributed by atoms with Gasteiger partial charge in [-0.05, 0) is 25.6 Å². The molecule has 76 valence electrons. The van der Waals surface area contributed by atoms with Crippen LogP contribution in [0.25, 0.3) is 0 Å². The highest BCUT2D eigenvalue weighted by molar-refractivity contribution is 6.00. The second kappa shape index (κ2) is 4.11. The molecule has 0 bridgehead atoms. The molecule has 1 aromatic rings. The highest BCUT2D eigenvalue weighted by Crippen LogP contribution is 2.32. The predicted octanol–water partition coefficient (Wildman–Crippen LogP) is 0.808. The fourth-order valence-corrected chi connectivity index (χ4v) is 1.16. The zero-order valence-electron chi connectivity index (χ0n) is 8.16. The lowest BCUT2D eigenvalue weighted by Gasteiger charge is -2.06. The van der Waals surface area contributed by atoms with Gasteiger partial charge in [0.1, 0.15) is 0 Å². The van der Waals surface area contributed by atoms with Crippen molar-refractivity contribution in [3.8, 4) is 11.5 Å². The zero-order chi connectivity index (χ0) is 10.7. The van der Waals surface area contributed by atoms with Gasteiger partial charge in [-0.3, -0.25) is 4.79 Å². The Balaban J connectivity index is 3.11. The van der Waals surface area contributed by atoms with Crippen molar-refractivity contribution in [3.63, 3.8) is 0 Å². The maximum Gasteiger partial charge on any atom is 0.180 e. The SMILES string of the molecule is CNCC(=O)c1ccc(C)c(O)c1O. The van der Waals surface area contributed by atoms with Crippen LogP contribution in [0.1, 0.15) is 15.9 Å². The molecule has 14 heavy (non-hydrogen) atoms. The molecule has 0 aromatic heterocycles. The number of aromatic hydroxyl groups is 2. The van der Waals surface area contributed by atoms with Crippen molar-refractivity contribution in [2.24, 2.45) is 0 Å². The first-order valence-corrected chi connectivity index (χ1v) is 4.27. The fourth-order valence-electron chi connectivity index (χ4n) is 1.16. The molecule has 1 aromatic carbocycles. The van der Waals surface area contributed by atoms with E-state index < -0.39 is 0 Å². The Morgan fingerprint density at radius 2 is 2.00 bits per heavy atom. The molecule has 0 unspecified atom stereocenters. The van der Waals surface area contributed by atoms with E-state index in [0.29, 0.717) is 5.56 Å². The van der Waals surface area contributed by atoms with Crippen LogP contribution in [-0.2, 0) is 0 Å². The largest absolute Gasteiger partial charge is 0.504 e. The predicted molar refractivity (Wildman–Crippen MR) is 52.8 cm³/mol. The van der Waals surface area contributed by atoms with E-state index >= 15 is 0 Å². The maximum atomic E-state index is 11.4. The number of rotatable bonds is 3. The average Bonchev–Trinajstić information content (AvgIpc) is 2.15. The van der Waals surface area contributed by atoms with Gasteiger partial charge < -0.3 is 15.5 Å². The molecule has 0 heterocycles. The number of likely N-dealkylation sites (N-methyl/N-ethyl adjacent to an activating group) is 1. The van der Waals surface area contributed by atoms with Crippen molar-refractivity contribution in [2.45, 2.75) is 6.92 Å². The van der Waals surface area contributed by atoms with Crippen LogP contribution in [-0.4, -0.2) is 29.6 Å². The summed E-state index contributed by atoms with van der Waals surface area (Å²) in [6.45, 7) is 1.79. The molecule has 3 N–H and O–H groups in total.